The molecule has 2 aromatic carbocycles. The van der Waals surface area contributed by atoms with Gasteiger partial charge in [0, 0.05) is 5.56 Å². The van der Waals surface area contributed by atoms with Gasteiger partial charge in [0.05, 0.1) is 12.7 Å². The Bertz CT molecular complexity index is 647. The summed E-state index contributed by atoms with van der Waals surface area (Å²) in [5, 5.41) is 0. The topological polar surface area (TPSA) is 52.6 Å². The van der Waals surface area contributed by atoms with Crippen molar-refractivity contribution in [2.24, 2.45) is 0 Å². The smallest absolute Gasteiger partial charge is 0.338 e. The number of hydrogen-bond acceptors (Lipinski definition) is 4. The lowest BCUT2D eigenvalue weighted by atomic mass is 10.1. The van der Waals surface area contributed by atoms with Crippen molar-refractivity contribution in [1.29, 1.82) is 0 Å². The van der Waals surface area contributed by atoms with Crippen molar-refractivity contribution < 1.29 is 19.1 Å². The summed E-state index contributed by atoms with van der Waals surface area (Å²) in [5.74, 6) is -0.167. The number of carbonyl (C=O) groups is 2. The summed E-state index contributed by atoms with van der Waals surface area (Å²) in [7, 11) is 1.54. The highest BCUT2D eigenvalue weighted by Crippen LogP contribution is 2.19. The molecule has 4 nitrogen and oxygen atoms in total. The van der Waals surface area contributed by atoms with Crippen LogP contribution in [-0.4, -0.2) is 25.5 Å². The zero-order chi connectivity index (χ0) is 15.2. The molecule has 0 N–H and O–H groups in total. The SMILES string of the molecule is COc1cc(C(=O)OCC(=O)c2ccccc2)ccc1C. The predicted octanol–water partition coefficient (Wildman–Crippen LogP) is 3.04. The predicted molar refractivity (Wildman–Crippen MR) is 78.8 cm³/mol. The van der Waals surface area contributed by atoms with Crippen molar-refractivity contribution in [2.45, 2.75) is 6.92 Å². The van der Waals surface area contributed by atoms with Crippen molar-refractivity contribution in [3.05, 3.63) is 65.2 Å². The molecule has 108 valence electrons. The van der Waals surface area contributed by atoms with Gasteiger partial charge >= 0.3 is 5.97 Å². The largest absolute Gasteiger partial charge is 0.496 e. The van der Waals surface area contributed by atoms with Crippen LogP contribution in [0.3, 0.4) is 0 Å². The average molecular weight is 284 g/mol. The van der Waals surface area contributed by atoms with Crippen LogP contribution >= 0.6 is 0 Å². The minimum atomic E-state index is -0.544. The molecule has 0 saturated heterocycles. The van der Waals surface area contributed by atoms with Crippen LogP contribution in [0.4, 0.5) is 0 Å². The first-order valence-electron chi connectivity index (χ1n) is 6.52. The van der Waals surface area contributed by atoms with Crippen LogP contribution in [0.15, 0.2) is 48.5 Å². The maximum absolute atomic E-state index is 11.9. The third-order valence-electron chi connectivity index (χ3n) is 3.07. The molecule has 0 heterocycles. The molecule has 0 radical (unpaired) electrons. The zero-order valence-corrected chi connectivity index (χ0v) is 12.0. The van der Waals surface area contributed by atoms with Gasteiger partial charge in [0.1, 0.15) is 5.75 Å². The fourth-order valence-electron chi connectivity index (χ4n) is 1.87. The summed E-state index contributed by atoms with van der Waals surface area (Å²) >= 11 is 0. The van der Waals surface area contributed by atoms with Gasteiger partial charge in [0.15, 0.2) is 12.4 Å². The Labute approximate surface area is 123 Å². The lowest BCUT2D eigenvalue weighted by Crippen LogP contribution is -2.14. The summed E-state index contributed by atoms with van der Waals surface area (Å²) in [4.78, 5) is 23.8. The molecule has 0 saturated carbocycles. The number of Topliss-reactive ketones (excluding diaryl/α,β-unsaturated/α-hetero) is 1. The zero-order valence-electron chi connectivity index (χ0n) is 12.0. The summed E-state index contributed by atoms with van der Waals surface area (Å²) in [5.41, 5.74) is 1.81. The number of carbonyl (C=O) groups excluding carboxylic acids is 2. The van der Waals surface area contributed by atoms with Gasteiger partial charge in [0.2, 0.25) is 0 Å². The number of ether oxygens (including phenoxy) is 2. The summed E-state index contributed by atoms with van der Waals surface area (Å²) in [6, 6.07) is 13.7. The monoisotopic (exact) mass is 284 g/mol. The highest BCUT2D eigenvalue weighted by atomic mass is 16.5. The van der Waals surface area contributed by atoms with E-state index in [2.05, 4.69) is 0 Å². The number of ketones is 1. The molecule has 0 spiro atoms. The fourth-order valence-corrected chi connectivity index (χ4v) is 1.87. The van der Waals surface area contributed by atoms with Gasteiger partial charge in [-0.2, -0.15) is 0 Å². The van der Waals surface area contributed by atoms with E-state index in [1.54, 1.807) is 42.5 Å². The fraction of sp³-hybridized carbons (Fsp3) is 0.176. The third kappa shape index (κ3) is 3.69. The molecule has 0 aliphatic carbocycles. The highest BCUT2D eigenvalue weighted by molar-refractivity contribution is 5.99. The van der Waals surface area contributed by atoms with Crippen molar-refractivity contribution in [2.75, 3.05) is 13.7 Å². The molecule has 2 rings (SSSR count). The van der Waals surface area contributed by atoms with Crippen LogP contribution in [0.2, 0.25) is 0 Å². The van der Waals surface area contributed by atoms with Crippen LogP contribution in [0.1, 0.15) is 26.3 Å². The normalized spacial score (nSPS) is 10.0. The Morgan fingerprint density at radius 1 is 1.00 bits per heavy atom. The van der Waals surface area contributed by atoms with E-state index in [0.29, 0.717) is 16.9 Å². The third-order valence-corrected chi connectivity index (χ3v) is 3.07. The van der Waals surface area contributed by atoms with E-state index in [4.69, 9.17) is 9.47 Å². The molecule has 2 aromatic rings. The number of rotatable bonds is 5. The van der Waals surface area contributed by atoms with Crippen molar-refractivity contribution >= 4 is 11.8 Å². The molecule has 0 bridgehead atoms. The lowest BCUT2D eigenvalue weighted by Gasteiger charge is -2.08. The molecular formula is C17H16O4. The van der Waals surface area contributed by atoms with Crippen molar-refractivity contribution in [3.8, 4) is 5.75 Å². The average Bonchev–Trinajstić information content (AvgIpc) is 2.53. The van der Waals surface area contributed by atoms with Crippen LogP contribution in [0.5, 0.6) is 5.75 Å². The highest BCUT2D eigenvalue weighted by Gasteiger charge is 2.13. The van der Waals surface area contributed by atoms with Gasteiger partial charge in [-0.25, -0.2) is 4.79 Å². The first-order valence-corrected chi connectivity index (χ1v) is 6.52. The first-order chi connectivity index (χ1) is 10.1. The standard InChI is InChI=1S/C17H16O4/c1-12-8-9-14(10-16(12)20-2)17(19)21-11-15(18)13-6-4-3-5-7-13/h3-10H,11H2,1-2H3. The quantitative estimate of drug-likeness (QED) is 0.625. The molecule has 0 unspecified atom stereocenters. The van der Waals surface area contributed by atoms with Gasteiger partial charge in [-0.3, -0.25) is 4.79 Å². The van der Waals surface area contributed by atoms with Gasteiger partial charge in [-0.05, 0) is 24.6 Å². The number of hydrogen-bond donors (Lipinski definition) is 0. The molecule has 0 aromatic heterocycles. The minimum absolute atomic E-state index is 0.233. The molecule has 0 aliphatic rings. The van der Waals surface area contributed by atoms with Crippen molar-refractivity contribution in [3.63, 3.8) is 0 Å². The second kappa shape index (κ2) is 6.70. The number of aryl methyl sites for hydroxylation is 1. The number of esters is 1. The van der Waals surface area contributed by atoms with E-state index in [0.717, 1.165) is 5.56 Å². The van der Waals surface area contributed by atoms with E-state index >= 15 is 0 Å². The van der Waals surface area contributed by atoms with Crippen molar-refractivity contribution in [1.82, 2.24) is 0 Å². The molecule has 21 heavy (non-hydrogen) atoms. The van der Waals surface area contributed by atoms with Crippen LogP contribution < -0.4 is 4.74 Å². The van der Waals surface area contributed by atoms with Crippen LogP contribution in [-0.2, 0) is 4.74 Å². The van der Waals surface area contributed by atoms with Gasteiger partial charge in [0.25, 0.3) is 0 Å². The van der Waals surface area contributed by atoms with E-state index in [1.807, 2.05) is 13.0 Å². The molecule has 0 aliphatic heterocycles. The molecule has 0 fully saturated rings. The summed E-state index contributed by atoms with van der Waals surface area (Å²) < 4.78 is 10.2. The van der Waals surface area contributed by atoms with E-state index in [9.17, 15) is 9.59 Å². The van der Waals surface area contributed by atoms with E-state index < -0.39 is 5.97 Å². The summed E-state index contributed by atoms with van der Waals surface area (Å²) in [6.07, 6.45) is 0. The number of methoxy groups -OCH3 is 1. The maximum Gasteiger partial charge on any atom is 0.338 e. The maximum atomic E-state index is 11.9. The Morgan fingerprint density at radius 2 is 1.71 bits per heavy atom. The second-order valence-electron chi connectivity index (χ2n) is 4.55. The van der Waals surface area contributed by atoms with Crippen LogP contribution in [0.25, 0.3) is 0 Å². The van der Waals surface area contributed by atoms with E-state index in [-0.39, 0.29) is 12.4 Å². The molecule has 0 atom stereocenters. The molecule has 4 heteroatoms. The number of benzene rings is 2. The van der Waals surface area contributed by atoms with Gasteiger partial charge in [-0.1, -0.05) is 36.4 Å². The molecule has 0 amide bonds. The Hall–Kier alpha value is -2.62. The van der Waals surface area contributed by atoms with E-state index in [1.165, 1.54) is 7.11 Å². The molecular weight excluding hydrogens is 268 g/mol. The first kappa shape index (κ1) is 14.8. The second-order valence-corrected chi connectivity index (χ2v) is 4.55. The van der Waals surface area contributed by atoms with Crippen LogP contribution in [0, 0.1) is 6.92 Å². The van der Waals surface area contributed by atoms with Gasteiger partial charge < -0.3 is 9.47 Å². The Balaban J connectivity index is 2.00. The Kier molecular flexibility index (Phi) is 4.72. The Morgan fingerprint density at radius 3 is 2.38 bits per heavy atom. The summed E-state index contributed by atoms with van der Waals surface area (Å²) in [6.45, 7) is 1.60. The van der Waals surface area contributed by atoms with Gasteiger partial charge in [-0.15, -0.1) is 0 Å². The minimum Gasteiger partial charge on any atom is -0.496 e. The lowest BCUT2D eigenvalue weighted by molar-refractivity contribution is 0.0474.